The Morgan fingerprint density at radius 1 is 1.61 bits per heavy atom. The summed E-state index contributed by atoms with van der Waals surface area (Å²) >= 11 is 3.33. The molecule has 0 spiro atoms. The molecular formula is C11H16BrN3O3. The highest BCUT2D eigenvalue weighted by atomic mass is 79.9. The van der Waals surface area contributed by atoms with Crippen molar-refractivity contribution in [3.05, 3.63) is 28.1 Å². The van der Waals surface area contributed by atoms with E-state index in [0.29, 0.717) is 5.33 Å². The average Bonchev–Trinajstić information content (AvgIpc) is 2.67. The molecule has 0 saturated heterocycles. The lowest BCUT2D eigenvalue weighted by atomic mass is 10.1. The average molecular weight is 318 g/mol. The van der Waals surface area contributed by atoms with E-state index in [1.165, 1.54) is 16.8 Å². The Bertz CT molecular complexity index is 456. The molecule has 1 aromatic heterocycles. The van der Waals surface area contributed by atoms with Gasteiger partial charge in [0.1, 0.15) is 5.69 Å². The number of hydrogen-bond donors (Lipinski definition) is 1. The first kappa shape index (κ1) is 14.7. The molecule has 1 rings (SSSR count). The molecule has 1 aromatic rings. The molecule has 0 bridgehead atoms. The maximum absolute atomic E-state index is 12.0. The van der Waals surface area contributed by atoms with Crippen LogP contribution in [-0.2, 0) is 7.05 Å². The summed E-state index contributed by atoms with van der Waals surface area (Å²) in [7, 11) is 1.61. The van der Waals surface area contributed by atoms with Gasteiger partial charge in [0.15, 0.2) is 0 Å². The molecule has 0 radical (unpaired) electrons. The zero-order valence-corrected chi connectivity index (χ0v) is 12.1. The highest BCUT2D eigenvalue weighted by molar-refractivity contribution is 9.09. The van der Waals surface area contributed by atoms with Crippen LogP contribution in [0.2, 0.25) is 0 Å². The van der Waals surface area contributed by atoms with E-state index in [4.69, 9.17) is 0 Å². The van der Waals surface area contributed by atoms with Gasteiger partial charge in [0.25, 0.3) is 11.6 Å². The maximum atomic E-state index is 12.0. The monoisotopic (exact) mass is 317 g/mol. The van der Waals surface area contributed by atoms with Gasteiger partial charge in [0.05, 0.1) is 11.1 Å². The van der Waals surface area contributed by atoms with Crippen LogP contribution in [0.15, 0.2) is 12.3 Å². The molecule has 0 aliphatic carbocycles. The van der Waals surface area contributed by atoms with Crippen molar-refractivity contribution in [3.8, 4) is 0 Å². The number of halogens is 1. The highest BCUT2D eigenvalue weighted by Crippen LogP contribution is 2.15. The Kier molecular flexibility index (Phi) is 4.89. The number of nitrogens with zero attached hydrogens (tertiary/aromatic N) is 2. The molecule has 100 valence electrons. The van der Waals surface area contributed by atoms with Gasteiger partial charge in [-0.1, -0.05) is 29.8 Å². The topological polar surface area (TPSA) is 77.2 Å². The number of aryl methyl sites for hydroxylation is 1. The van der Waals surface area contributed by atoms with E-state index >= 15 is 0 Å². The molecule has 1 N–H and O–H groups in total. The van der Waals surface area contributed by atoms with Crippen molar-refractivity contribution in [1.29, 1.82) is 0 Å². The van der Waals surface area contributed by atoms with Crippen LogP contribution < -0.4 is 5.32 Å². The molecule has 1 amide bonds. The zero-order chi connectivity index (χ0) is 13.9. The number of aromatic nitrogens is 1. The van der Waals surface area contributed by atoms with Crippen LogP contribution in [0.4, 0.5) is 5.69 Å². The third kappa shape index (κ3) is 3.32. The number of nitrogens with one attached hydrogen (secondary N) is 1. The van der Waals surface area contributed by atoms with Gasteiger partial charge in [-0.3, -0.25) is 14.9 Å². The van der Waals surface area contributed by atoms with Crippen molar-refractivity contribution < 1.29 is 9.72 Å². The van der Waals surface area contributed by atoms with E-state index < -0.39 is 4.92 Å². The van der Waals surface area contributed by atoms with Crippen LogP contribution in [0.5, 0.6) is 0 Å². The number of hydrogen-bond acceptors (Lipinski definition) is 3. The van der Waals surface area contributed by atoms with Crippen molar-refractivity contribution in [2.45, 2.75) is 19.9 Å². The van der Waals surface area contributed by atoms with E-state index in [-0.39, 0.29) is 29.2 Å². The minimum atomic E-state index is -0.513. The van der Waals surface area contributed by atoms with Crippen molar-refractivity contribution in [3.63, 3.8) is 0 Å². The number of alkyl halides is 1. The summed E-state index contributed by atoms with van der Waals surface area (Å²) in [6.45, 7) is 4.00. The Morgan fingerprint density at radius 3 is 2.61 bits per heavy atom. The number of carbonyl (C=O) groups excluding carboxylic acids is 1. The van der Waals surface area contributed by atoms with E-state index in [0.717, 1.165) is 0 Å². The maximum Gasteiger partial charge on any atom is 0.287 e. The summed E-state index contributed by atoms with van der Waals surface area (Å²) < 4.78 is 1.46. The molecule has 1 unspecified atom stereocenters. The van der Waals surface area contributed by atoms with Gasteiger partial charge >= 0.3 is 0 Å². The summed E-state index contributed by atoms with van der Waals surface area (Å²) in [5.74, 6) is -0.0210. The predicted octanol–water partition coefficient (Wildman–Crippen LogP) is 2.08. The fourth-order valence-corrected chi connectivity index (χ4v) is 2.41. The number of carbonyl (C=O) groups is 1. The summed E-state index contributed by atoms with van der Waals surface area (Å²) in [5.41, 5.74) is 0.205. The summed E-state index contributed by atoms with van der Waals surface area (Å²) in [4.78, 5) is 22.1. The van der Waals surface area contributed by atoms with E-state index in [9.17, 15) is 14.9 Å². The van der Waals surface area contributed by atoms with Crippen molar-refractivity contribution in [2.24, 2.45) is 13.0 Å². The van der Waals surface area contributed by atoms with E-state index in [1.54, 1.807) is 7.05 Å². The Balaban J connectivity index is 2.87. The van der Waals surface area contributed by atoms with Crippen LogP contribution in [0, 0.1) is 16.0 Å². The summed E-state index contributed by atoms with van der Waals surface area (Å²) in [6.07, 6.45) is 1.33. The lowest BCUT2D eigenvalue weighted by Crippen LogP contribution is -2.40. The van der Waals surface area contributed by atoms with Crippen molar-refractivity contribution in [2.75, 3.05) is 5.33 Å². The third-order valence-corrected chi connectivity index (χ3v) is 3.42. The lowest BCUT2D eigenvalue weighted by Gasteiger charge is -2.19. The highest BCUT2D eigenvalue weighted by Gasteiger charge is 2.21. The Morgan fingerprint density at radius 2 is 2.22 bits per heavy atom. The normalized spacial score (nSPS) is 12.5. The quantitative estimate of drug-likeness (QED) is 0.513. The second-order valence-corrected chi connectivity index (χ2v) is 5.08. The minimum Gasteiger partial charge on any atom is -0.347 e. The Hall–Kier alpha value is -1.37. The van der Waals surface area contributed by atoms with Crippen molar-refractivity contribution in [1.82, 2.24) is 9.88 Å². The second kappa shape index (κ2) is 5.99. The number of nitro groups is 1. The molecule has 0 aliphatic rings. The van der Waals surface area contributed by atoms with Crippen LogP contribution in [-0.4, -0.2) is 26.8 Å². The Labute approximate surface area is 114 Å². The molecule has 1 atom stereocenters. The molecule has 0 saturated carbocycles. The molecule has 0 aliphatic heterocycles. The van der Waals surface area contributed by atoms with E-state index in [2.05, 4.69) is 21.2 Å². The third-order valence-electron chi connectivity index (χ3n) is 2.72. The van der Waals surface area contributed by atoms with Gasteiger partial charge in [-0.2, -0.15) is 0 Å². The first-order valence-electron chi connectivity index (χ1n) is 5.54. The van der Waals surface area contributed by atoms with Gasteiger partial charge in [-0.05, 0) is 5.92 Å². The van der Waals surface area contributed by atoms with Crippen LogP contribution in [0.25, 0.3) is 0 Å². The van der Waals surface area contributed by atoms with Crippen molar-refractivity contribution >= 4 is 27.5 Å². The molecule has 0 aromatic carbocycles. The fourth-order valence-electron chi connectivity index (χ4n) is 1.50. The summed E-state index contributed by atoms with van der Waals surface area (Å²) in [5, 5.41) is 14.1. The lowest BCUT2D eigenvalue weighted by molar-refractivity contribution is -0.384. The smallest absolute Gasteiger partial charge is 0.287 e. The molecule has 7 heteroatoms. The first-order chi connectivity index (χ1) is 8.36. The standard InChI is InChI=1S/C11H16BrN3O3/c1-7(2)9(5-12)13-11(16)10-4-8(15(17)18)6-14(10)3/h4,6-7,9H,5H2,1-3H3,(H,13,16). The summed E-state index contributed by atoms with van der Waals surface area (Å²) in [6, 6.07) is 1.27. The zero-order valence-electron chi connectivity index (χ0n) is 10.5. The van der Waals surface area contributed by atoms with Crippen LogP contribution in [0.3, 0.4) is 0 Å². The molecule has 0 fully saturated rings. The second-order valence-electron chi connectivity index (χ2n) is 4.43. The van der Waals surface area contributed by atoms with Gasteiger partial charge in [-0.15, -0.1) is 0 Å². The van der Waals surface area contributed by atoms with Crippen LogP contribution in [0.1, 0.15) is 24.3 Å². The minimum absolute atomic E-state index is 0.00791. The largest absolute Gasteiger partial charge is 0.347 e. The molecule has 1 heterocycles. The molecule has 6 nitrogen and oxygen atoms in total. The molecule has 18 heavy (non-hydrogen) atoms. The van der Waals surface area contributed by atoms with E-state index in [1.807, 2.05) is 13.8 Å². The van der Waals surface area contributed by atoms with Gasteiger partial charge in [-0.25, -0.2) is 0 Å². The number of amides is 1. The number of rotatable bonds is 5. The van der Waals surface area contributed by atoms with Gasteiger partial charge in [0, 0.05) is 24.5 Å². The molecular weight excluding hydrogens is 302 g/mol. The first-order valence-corrected chi connectivity index (χ1v) is 6.66. The fraction of sp³-hybridized carbons (Fsp3) is 0.545. The van der Waals surface area contributed by atoms with Gasteiger partial charge < -0.3 is 9.88 Å². The predicted molar refractivity (Wildman–Crippen MR) is 72.0 cm³/mol. The van der Waals surface area contributed by atoms with Crippen LogP contribution >= 0.6 is 15.9 Å². The SMILES string of the molecule is CC(C)C(CBr)NC(=O)c1cc([N+](=O)[O-])cn1C. The van der Waals surface area contributed by atoms with Gasteiger partial charge in [0.2, 0.25) is 0 Å².